The molecule has 17 heavy (non-hydrogen) atoms. The molecule has 0 aliphatic carbocycles. The van der Waals surface area contributed by atoms with Crippen molar-refractivity contribution < 1.29 is 22.3 Å². The number of anilines is 1. The van der Waals surface area contributed by atoms with Crippen molar-refractivity contribution in [3.8, 4) is 5.88 Å². The van der Waals surface area contributed by atoms with E-state index in [1.807, 2.05) is 0 Å². The van der Waals surface area contributed by atoms with Gasteiger partial charge in [0.1, 0.15) is 12.1 Å². The molecule has 0 unspecified atom stereocenters. The molecular formula is C9H11F4N3O. The van der Waals surface area contributed by atoms with Gasteiger partial charge in [-0.3, -0.25) is 0 Å². The van der Waals surface area contributed by atoms with Gasteiger partial charge in [-0.25, -0.2) is 18.7 Å². The largest absolute Gasteiger partial charge is 0.471 e. The van der Waals surface area contributed by atoms with E-state index in [4.69, 9.17) is 5.73 Å². The monoisotopic (exact) mass is 253 g/mol. The molecule has 2 N–H and O–H groups in total. The number of nitrogens with two attached hydrogens (primary N) is 1. The Bertz CT molecular complexity index is 387. The van der Waals surface area contributed by atoms with Gasteiger partial charge in [-0.1, -0.05) is 6.92 Å². The summed E-state index contributed by atoms with van der Waals surface area (Å²) in [7, 11) is 0. The summed E-state index contributed by atoms with van der Waals surface area (Å²) < 4.78 is 53.6. The number of rotatable bonds is 5. The highest BCUT2D eigenvalue weighted by Crippen LogP contribution is 2.26. The Morgan fingerprint density at radius 3 is 2.59 bits per heavy atom. The van der Waals surface area contributed by atoms with Crippen LogP contribution in [0.1, 0.15) is 12.5 Å². The minimum absolute atomic E-state index is 0.0814. The van der Waals surface area contributed by atoms with E-state index in [1.54, 1.807) is 6.92 Å². The third-order valence-electron chi connectivity index (χ3n) is 2.01. The van der Waals surface area contributed by atoms with Crippen LogP contribution in [0.25, 0.3) is 0 Å². The van der Waals surface area contributed by atoms with Crippen LogP contribution in [0.15, 0.2) is 6.33 Å². The lowest BCUT2D eigenvalue weighted by Gasteiger charge is -2.16. The fourth-order valence-electron chi connectivity index (χ4n) is 1.09. The maximum atomic E-state index is 12.6. The molecule has 0 radical (unpaired) electrons. The summed E-state index contributed by atoms with van der Waals surface area (Å²) in [6.07, 6.45) is -2.42. The van der Waals surface area contributed by atoms with Gasteiger partial charge in [0.05, 0.1) is 5.56 Å². The molecule has 0 saturated carbocycles. The first-order valence-electron chi connectivity index (χ1n) is 4.76. The second-order valence-corrected chi connectivity index (χ2v) is 3.25. The maximum absolute atomic E-state index is 12.6. The van der Waals surface area contributed by atoms with Crippen molar-refractivity contribution >= 4 is 5.82 Å². The molecule has 0 spiro atoms. The Morgan fingerprint density at radius 2 is 2.06 bits per heavy atom. The van der Waals surface area contributed by atoms with Crippen LogP contribution in [0, 0.1) is 0 Å². The smallest absolute Gasteiger partial charge is 0.340 e. The highest BCUT2D eigenvalue weighted by molar-refractivity contribution is 5.44. The molecule has 4 nitrogen and oxygen atoms in total. The number of halogens is 4. The van der Waals surface area contributed by atoms with E-state index in [2.05, 4.69) is 14.7 Å². The molecule has 8 heteroatoms. The summed E-state index contributed by atoms with van der Waals surface area (Å²) in [6, 6.07) is 0. The number of hydrogen-bond acceptors (Lipinski definition) is 4. The number of hydrogen-bond donors (Lipinski definition) is 1. The second kappa shape index (κ2) is 5.15. The lowest BCUT2D eigenvalue weighted by Crippen LogP contribution is -2.34. The van der Waals surface area contributed by atoms with E-state index < -0.39 is 19.0 Å². The number of aromatic nitrogens is 2. The number of alkyl halides is 4. The minimum atomic E-state index is -4.22. The third kappa shape index (κ3) is 3.18. The first-order chi connectivity index (χ1) is 7.88. The van der Waals surface area contributed by atoms with Gasteiger partial charge in [0.25, 0.3) is 0 Å². The fourth-order valence-corrected chi connectivity index (χ4v) is 1.09. The summed E-state index contributed by atoms with van der Waals surface area (Å²) in [6.45, 7) is 0.237. The molecule has 0 atom stereocenters. The van der Waals surface area contributed by atoms with E-state index >= 15 is 0 Å². The zero-order valence-electron chi connectivity index (χ0n) is 8.96. The van der Waals surface area contributed by atoms with Crippen molar-refractivity contribution in [1.29, 1.82) is 0 Å². The van der Waals surface area contributed by atoms with Gasteiger partial charge in [0.2, 0.25) is 5.88 Å². The predicted octanol–water partition coefficient (Wildman–Crippen LogP) is 1.90. The summed E-state index contributed by atoms with van der Waals surface area (Å²) in [5.41, 5.74) is 5.78. The summed E-state index contributed by atoms with van der Waals surface area (Å²) >= 11 is 0. The minimum Gasteiger partial charge on any atom is -0.471 e. The van der Waals surface area contributed by atoms with Gasteiger partial charge in [0.15, 0.2) is 6.61 Å². The molecule has 0 bridgehead atoms. The topological polar surface area (TPSA) is 61.0 Å². The highest BCUT2D eigenvalue weighted by Gasteiger charge is 2.42. The van der Waals surface area contributed by atoms with Crippen LogP contribution in [-0.2, 0) is 6.42 Å². The van der Waals surface area contributed by atoms with Crippen molar-refractivity contribution in [2.75, 3.05) is 12.3 Å². The molecule has 0 aliphatic heterocycles. The standard InChI is InChI=1S/C9H11F4N3O/c1-2-5-6(14)15-4-16-7(5)17-3-9(12,13)8(10)11/h4,8H,2-3H2,1H3,(H2,14,15,16). The predicted molar refractivity (Wildman–Crippen MR) is 52.3 cm³/mol. The summed E-state index contributed by atoms with van der Waals surface area (Å²) in [5.74, 6) is -4.33. The van der Waals surface area contributed by atoms with Crippen LogP contribution in [0.3, 0.4) is 0 Å². The van der Waals surface area contributed by atoms with Gasteiger partial charge in [-0.05, 0) is 6.42 Å². The molecule has 0 amide bonds. The number of nitrogen functional groups attached to an aromatic ring is 1. The van der Waals surface area contributed by atoms with E-state index in [0.717, 1.165) is 6.33 Å². The maximum Gasteiger partial charge on any atom is 0.340 e. The van der Waals surface area contributed by atoms with Crippen LogP contribution >= 0.6 is 0 Å². The van der Waals surface area contributed by atoms with Crippen molar-refractivity contribution in [2.45, 2.75) is 25.7 Å². The average molecular weight is 253 g/mol. The van der Waals surface area contributed by atoms with Crippen LogP contribution < -0.4 is 10.5 Å². The highest BCUT2D eigenvalue weighted by atomic mass is 19.3. The summed E-state index contributed by atoms with van der Waals surface area (Å²) in [4.78, 5) is 7.22. The van der Waals surface area contributed by atoms with Gasteiger partial charge in [-0.2, -0.15) is 8.78 Å². The van der Waals surface area contributed by atoms with E-state index in [9.17, 15) is 17.6 Å². The molecule has 0 aromatic carbocycles. The van der Waals surface area contributed by atoms with Crippen molar-refractivity contribution in [2.24, 2.45) is 0 Å². The first kappa shape index (κ1) is 13.5. The van der Waals surface area contributed by atoms with Crippen molar-refractivity contribution in [1.82, 2.24) is 9.97 Å². The molecular weight excluding hydrogens is 242 g/mol. The van der Waals surface area contributed by atoms with E-state index in [-0.39, 0.29) is 11.7 Å². The average Bonchev–Trinajstić information content (AvgIpc) is 2.26. The first-order valence-corrected chi connectivity index (χ1v) is 4.76. The van der Waals surface area contributed by atoms with E-state index in [1.165, 1.54) is 0 Å². The Morgan fingerprint density at radius 1 is 1.41 bits per heavy atom. The normalized spacial score (nSPS) is 11.9. The zero-order chi connectivity index (χ0) is 13.1. The molecule has 96 valence electrons. The van der Waals surface area contributed by atoms with Gasteiger partial charge >= 0.3 is 12.3 Å². The van der Waals surface area contributed by atoms with E-state index in [0.29, 0.717) is 12.0 Å². The van der Waals surface area contributed by atoms with Crippen molar-refractivity contribution in [3.63, 3.8) is 0 Å². The Hall–Kier alpha value is -1.60. The molecule has 1 heterocycles. The Kier molecular flexibility index (Phi) is 4.08. The Labute approximate surface area is 94.8 Å². The fraction of sp³-hybridized carbons (Fsp3) is 0.556. The number of ether oxygens (including phenoxy) is 1. The zero-order valence-corrected chi connectivity index (χ0v) is 8.96. The van der Waals surface area contributed by atoms with Gasteiger partial charge in [-0.15, -0.1) is 0 Å². The van der Waals surface area contributed by atoms with Crippen LogP contribution in [0.4, 0.5) is 23.4 Å². The lowest BCUT2D eigenvalue weighted by molar-refractivity contribution is -0.148. The third-order valence-corrected chi connectivity index (χ3v) is 2.01. The second-order valence-electron chi connectivity index (χ2n) is 3.25. The summed E-state index contributed by atoms with van der Waals surface area (Å²) in [5, 5.41) is 0. The number of nitrogens with zero attached hydrogens (tertiary/aromatic N) is 2. The molecule has 0 saturated heterocycles. The van der Waals surface area contributed by atoms with Crippen LogP contribution in [0.5, 0.6) is 5.88 Å². The van der Waals surface area contributed by atoms with Gasteiger partial charge in [0, 0.05) is 0 Å². The molecule has 0 fully saturated rings. The molecule has 1 aromatic heterocycles. The molecule has 1 rings (SSSR count). The molecule has 1 aromatic rings. The lowest BCUT2D eigenvalue weighted by atomic mass is 10.2. The quantitative estimate of drug-likeness (QED) is 0.814. The molecule has 0 aliphatic rings. The van der Waals surface area contributed by atoms with Crippen LogP contribution in [0.2, 0.25) is 0 Å². The van der Waals surface area contributed by atoms with Crippen LogP contribution in [-0.4, -0.2) is 28.9 Å². The van der Waals surface area contributed by atoms with Crippen molar-refractivity contribution in [3.05, 3.63) is 11.9 Å². The van der Waals surface area contributed by atoms with Gasteiger partial charge < -0.3 is 10.5 Å². The Balaban J connectivity index is 2.79. The SMILES string of the molecule is CCc1c(N)ncnc1OCC(F)(F)C(F)F.